The van der Waals surface area contributed by atoms with Gasteiger partial charge in [-0.15, -0.1) is 0 Å². The lowest BCUT2D eigenvalue weighted by Crippen LogP contribution is -2.11. The molecule has 0 spiro atoms. The van der Waals surface area contributed by atoms with Gasteiger partial charge in [-0.3, -0.25) is 0 Å². The van der Waals surface area contributed by atoms with Crippen molar-refractivity contribution in [1.82, 2.24) is 5.32 Å². The van der Waals surface area contributed by atoms with Crippen LogP contribution in [0.3, 0.4) is 0 Å². The first-order valence-corrected chi connectivity index (χ1v) is 6.16. The van der Waals surface area contributed by atoms with E-state index >= 15 is 0 Å². The Kier molecular flexibility index (Phi) is 6.12. The number of rotatable bonds is 7. The molecule has 0 amide bonds. The third-order valence-corrected chi connectivity index (χ3v) is 2.71. The van der Waals surface area contributed by atoms with E-state index in [4.69, 9.17) is 4.74 Å². The molecule has 0 heterocycles. The Labute approximate surface area is 99.0 Å². The van der Waals surface area contributed by atoms with Gasteiger partial charge in [0, 0.05) is 6.54 Å². The van der Waals surface area contributed by atoms with Gasteiger partial charge in [-0.25, -0.2) is 0 Å². The molecule has 1 atom stereocenters. The molecule has 2 heteroatoms. The number of hydrogen-bond acceptors (Lipinski definition) is 2. The van der Waals surface area contributed by atoms with Crippen molar-refractivity contribution in [3.8, 4) is 0 Å². The SMILES string of the molecule is CCNCc1ccc(COC(C)CC)cc1. The Morgan fingerprint density at radius 1 is 1.12 bits per heavy atom. The molecule has 1 aromatic rings. The fourth-order valence-electron chi connectivity index (χ4n) is 1.38. The molecule has 0 aliphatic carbocycles. The lowest BCUT2D eigenvalue weighted by molar-refractivity contribution is 0.0508. The second kappa shape index (κ2) is 7.42. The Morgan fingerprint density at radius 2 is 1.75 bits per heavy atom. The van der Waals surface area contributed by atoms with Crippen molar-refractivity contribution in [3.05, 3.63) is 35.4 Å². The van der Waals surface area contributed by atoms with E-state index in [-0.39, 0.29) is 0 Å². The van der Waals surface area contributed by atoms with E-state index in [2.05, 4.69) is 50.4 Å². The molecule has 90 valence electrons. The van der Waals surface area contributed by atoms with E-state index < -0.39 is 0 Å². The summed E-state index contributed by atoms with van der Waals surface area (Å²) in [6.07, 6.45) is 1.42. The van der Waals surface area contributed by atoms with E-state index in [1.54, 1.807) is 0 Å². The fourth-order valence-corrected chi connectivity index (χ4v) is 1.38. The van der Waals surface area contributed by atoms with Gasteiger partial charge < -0.3 is 10.1 Å². The lowest BCUT2D eigenvalue weighted by Gasteiger charge is -2.10. The monoisotopic (exact) mass is 221 g/mol. The summed E-state index contributed by atoms with van der Waals surface area (Å²) in [6, 6.07) is 8.63. The highest BCUT2D eigenvalue weighted by molar-refractivity contribution is 5.21. The molecular formula is C14H23NO. The maximum absolute atomic E-state index is 5.68. The van der Waals surface area contributed by atoms with Gasteiger partial charge in [0.05, 0.1) is 12.7 Å². The van der Waals surface area contributed by atoms with Crippen molar-refractivity contribution >= 4 is 0 Å². The minimum Gasteiger partial charge on any atom is -0.374 e. The van der Waals surface area contributed by atoms with Gasteiger partial charge in [0.1, 0.15) is 0 Å². The van der Waals surface area contributed by atoms with E-state index in [0.717, 1.165) is 26.1 Å². The average Bonchev–Trinajstić information content (AvgIpc) is 2.34. The molecule has 1 rings (SSSR count). The molecule has 1 unspecified atom stereocenters. The van der Waals surface area contributed by atoms with Gasteiger partial charge in [0.15, 0.2) is 0 Å². The summed E-state index contributed by atoms with van der Waals surface area (Å²) >= 11 is 0. The van der Waals surface area contributed by atoms with Crippen LogP contribution in [-0.4, -0.2) is 12.6 Å². The van der Waals surface area contributed by atoms with Crippen LogP contribution in [0.25, 0.3) is 0 Å². The van der Waals surface area contributed by atoms with E-state index in [0.29, 0.717) is 6.10 Å². The number of nitrogens with one attached hydrogen (secondary N) is 1. The first kappa shape index (κ1) is 13.2. The highest BCUT2D eigenvalue weighted by Crippen LogP contribution is 2.08. The largest absolute Gasteiger partial charge is 0.374 e. The maximum atomic E-state index is 5.68. The number of ether oxygens (including phenoxy) is 1. The predicted octanol–water partition coefficient (Wildman–Crippen LogP) is 3.11. The van der Waals surface area contributed by atoms with Crippen LogP contribution in [0.2, 0.25) is 0 Å². The average molecular weight is 221 g/mol. The van der Waals surface area contributed by atoms with Crippen LogP contribution in [-0.2, 0) is 17.9 Å². The Hall–Kier alpha value is -0.860. The van der Waals surface area contributed by atoms with Gasteiger partial charge in [0.2, 0.25) is 0 Å². The molecule has 1 aromatic carbocycles. The van der Waals surface area contributed by atoms with Crippen molar-refractivity contribution in [3.63, 3.8) is 0 Å². The van der Waals surface area contributed by atoms with Crippen molar-refractivity contribution in [2.45, 2.75) is 46.4 Å². The molecule has 0 radical (unpaired) electrons. The summed E-state index contributed by atoms with van der Waals surface area (Å²) < 4.78 is 5.68. The molecule has 0 saturated carbocycles. The topological polar surface area (TPSA) is 21.3 Å². The summed E-state index contributed by atoms with van der Waals surface area (Å²) in [7, 11) is 0. The molecule has 0 bridgehead atoms. The van der Waals surface area contributed by atoms with E-state index in [9.17, 15) is 0 Å². The summed E-state index contributed by atoms with van der Waals surface area (Å²) in [4.78, 5) is 0. The molecule has 0 aliphatic heterocycles. The zero-order valence-electron chi connectivity index (χ0n) is 10.6. The quantitative estimate of drug-likeness (QED) is 0.764. The van der Waals surface area contributed by atoms with Crippen LogP contribution in [0.4, 0.5) is 0 Å². The van der Waals surface area contributed by atoms with Gasteiger partial charge in [0.25, 0.3) is 0 Å². The fraction of sp³-hybridized carbons (Fsp3) is 0.571. The zero-order valence-corrected chi connectivity index (χ0v) is 10.6. The zero-order chi connectivity index (χ0) is 11.8. The minimum atomic E-state index is 0.349. The highest BCUT2D eigenvalue weighted by atomic mass is 16.5. The van der Waals surface area contributed by atoms with Gasteiger partial charge in [-0.05, 0) is 31.0 Å². The first-order valence-electron chi connectivity index (χ1n) is 6.16. The van der Waals surface area contributed by atoms with E-state index in [1.807, 2.05) is 0 Å². The first-order chi connectivity index (χ1) is 7.76. The summed E-state index contributed by atoms with van der Waals surface area (Å²) in [5.74, 6) is 0. The molecule has 2 nitrogen and oxygen atoms in total. The smallest absolute Gasteiger partial charge is 0.0720 e. The molecule has 0 aliphatic rings. The molecule has 1 N–H and O–H groups in total. The predicted molar refractivity (Wildman–Crippen MR) is 68.4 cm³/mol. The van der Waals surface area contributed by atoms with Crippen molar-refractivity contribution in [1.29, 1.82) is 0 Å². The van der Waals surface area contributed by atoms with Crippen LogP contribution >= 0.6 is 0 Å². The molecule has 16 heavy (non-hydrogen) atoms. The second-order valence-corrected chi connectivity index (χ2v) is 4.13. The molecule has 0 saturated heterocycles. The standard InChI is InChI=1S/C14H23NO/c1-4-12(3)16-11-14-8-6-13(7-9-14)10-15-5-2/h6-9,12,15H,4-5,10-11H2,1-3H3. The highest BCUT2D eigenvalue weighted by Gasteiger charge is 1.99. The molecule has 0 aromatic heterocycles. The van der Waals surface area contributed by atoms with E-state index in [1.165, 1.54) is 11.1 Å². The second-order valence-electron chi connectivity index (χ2n) is 4.13. The minimum absolute atomic E-state index is 0.349. The third kappa shape index (κ3) is 4.77. The van der Waals surface area contributed by atoms with Crippen molar-refractivity contribution < 1.29 is 4.74 Å². The Balaban J connectivity index is 2.38. The Bertz CT molecular complexity index is 281. The van der Waals surface area contributed by atoms with Gasteiger partial charge >= 0.3 is 0 Å². The van der Waals surface area contributed by atoms with Crippen LogP contribution in [0.15, 0.2) is 24.3 Å². The van der Waals surface area contributed by atoms with Crippen LogP contribution in [0, 0.1) is 0 Å². The number of benzene rings is 1. The van der Waals surface area contributed by atoms with Crippen molar-refractivity contribution in [2.75, 3.05) is 6.54 Å². The van der Waals surface area contributed by atoms with Gasteiger partial charge in [-0.1, -0.05) is 38.1 Å². The Morgan fingerprint density at radius 3 is 2.31 bits per heavy atom. The van der Waals surface area contributed by atoms with Crippen LogP contribution < -0.4 is 5.32 Å². The molecular weight excluding hydrogens is 198 g/mol. The third-order valence-electron chi connectivity index (χ3n) is 2.71. The number of hydrogen-bond donors (Lipinski definition) is 1. The maximum Gasteiger partial charge on any atom is 0.0720 e. The summed E-state index contributed by atoms with van der Waals surface area (Å²) in [5, 5.41) is 3.31. The summed E-state index contributed by atoms with van der Waals surface area (Å²) in [5.41, 5.74) is 2.58. The lowest BCUT2D eigenvalue weighted by atomic mass is 10.1. The summed E-state index contributed by atoms with van der Waals surface area (Å²) in [6.45, 7) is 9.05. The van der Waals surface area contributed by atoms with Crippen molar-refractivity contribution in [2.24, 2.45) is 0 Å². The van der Waals surface area contributed by atoms with Crippen LogP contribution in [0.5, 0.6) is 0 Å². The molecule has 0 fully saturated rings. The van der Waals surface area contributed by atoms with Gasteiger partial charge in [-0.2, -0.15) is 0 Å². The normalized spacial score (nSPS) is 12.7. The van der Waals surface area contributed by atoms with Crippen LogP contribution in [0.1, 0.15) is 38.3 Å².